The van der Waals surface area contributed by atoms with Gasteiger partial charge in [-0.15, -0.1) is 0 Å². The van der Waals surface area contributed by atoms with Crippen LogP contribution in [0.3, 0.4) is 0 Å². The van der Waals surface area contributed by atoms with Gasteiger partial charge in [0, 0.05) is 11.8 Å². The van der Waals surface area contributed by atoms with Crippen LogP contribution in [0, 0.1) is 11.6 Å². The zero-order valence-electron chi connectivity index (χ0n) is 9.54. The number of halogens is 2. The van der Waals surface area contributed by atoms with Gasteiger partial charge in [-0.2, -0.15) is 0 Å². The molecule has 5 nitrogen and oxygen atoms in total. The molecule has 0 bridgehead atoms. The van der Waals surface area contributed by atoms with Crippen molar-refractivity contribution in [2.45, 2.75) is 13.0 Å². The van der Waals surface area contributed by atoms with E-state index in [0.29, 0.717) is 0 Å². The molecule has 1 aromatic rings. The van der Waals surface area contributed by atoms with Crippen molar-refractivity contribution in [2.75, 3.05) is 11.9 Å². The van der Waals surface area contributed by atoms with E-state index in [-0.39, 0.29) is 12.2 Å². The molecule has 0 fully saturated rings. The highest BCUT2D eigenvalue weighted by Crippen LogP contribution is 2.12. The van der Waals surface area contributed by atoms with Gasteiger partial charge in [0.2, 0.25) is 5.91 Å². The van der Waals surface area contributed by atoms with Crippen molar-refractivity contribution in [3.8, 4) is 0 Å². The van der Waals surface area contributed by atoms with Crippen LogP contribution >= 0.6 is 0 Å². The molecule has 1 atom stereocenters. The molecule has 18 heavy (non-hydrogen) atoms. The summed E-state index contributed by atoms with van der Waals surface area (Å²) in [6.07, 6.45) is 0. The van der Waals surface area contributed by atoms with Crippen LogP contribution in [0.5, 0.6) is 0 Å². The fraction of sp³-hybridized carbons (Fsp3) is 0.273. The molecule has 0 radical (unpaired) electrons. The van der Waals surface area contributed by atoms with E-state index in [1.165, 1.54) is 13.0 Å². The first-order valence-electron chi connectivity index (χ1n) is 5.11. The smallest absolute Gasteiger partial charge is 0.320 e. The number of hydrogen-bond donors (Lipinski definition) is 3. The van der Waals surface area contributed by atoms with Gasteiger partial charge in [0.25, 0.3) is 0 Å². The molecule has 0 unspecified atom stereocenters. The quantitative estimate of drug-likeness (QED) is 0.735. The summed E-state index contributed by atoms with van der Waals surface area (Å²) in [4.78, 5) is 21.8. The van der Waals surface area contributed by atoms with Crippen LogP contribution in [0.2, 0.25) is 0 Å². The van der Waals surface area contributed by atoms with Crippen LogP contribution in [0.15, 0.2) is 18.2 Å². The van der Waals surface area contributed by atoms with Crippen LogP contribution in [0.1, 0.15) is 6.92 Å². The molecular formula is C11H12F2N2O3. The largest absolute Gasteiger partial charge is 0.480 e. The van der Waals surface area contributed by atoms with E-state index in [0.717, 1.165) is 12.1 Å². The maximum absolute atomic E-state index is 12.8. The molecule has 0 heterocycles. The second-order valence-corrected chi connectivity index (χ2v) is 3.62. The van der Waals surface area contributed by atoms with Gasteiger partial charge < -0.3 is 10.4 Å². The van der Waals surface area contributed by atoms with Crippen molar-refractivity contribution in [2.24, 2.45) is 0 Å². The first-order chi connectivity index (χ1) is 8.40. The Morgan fingerprint density at radius 1 is 1.33 bits per heavy atom. The van der Waals surface area contributed by atoms with E-state index < -0.39 is 29.6 Å². The highest BCUT2D eigenvalue weighted by Gasteiger charge is 2.12. The maximum Gasteiger partial charge on any atom is 0.320 e. The van der Waals surface area contributed by atoms with Crippen molar-refractivity contribution in [3.05, 3.63) is 29.8 Å². The second-order valence-electron chi connectivity index (χ2n) is 3.62. The zero-order valence-corrected chi connectivity index (χ0v) is 9.54. The monoisotopic (exact) mass is 258 g/mol. The minimum Gasteiger partial charge on any atom is -0.480 e. The number of amides is 1. The average Bonchev–Trinajstić information content (AvgIpc) is 2.30. The molecule has 1 amide bonds. The van der Waals surface area contributed by atoms with Gasteiger partial charge in [-0.1, -0.05) is 0 Å². The maximum atomic E-state index is 12.8. The Hall–Kier alpha value is -2.02. The summed E-state index contributed by atoms with van der Waals surface area (Å²) in [7, 11) is 0. The summed E-state index contributed by atoms with van der Waals surface area (Å²) in [5.41, 5.74) is 0.101. The van der Waals surface area contributed by atoms with Crippen LogP contribution in [-0.2, 0) is 9.59 Å². The lowest BCUT2D eigenvalue weighted by atomic mass is 10.3. The van der Waals surface area contributed by atoms with E-state index in [4.69, 9.17) is 5.11 Å². The molecule has 3 N–H and O–H groups in total. The predicted molar refractivity (Wildman–Crippen MR) is 60.1 cm³/mol. The van der Waals surface area contributed by atoms with Crippen molar-refractivity contribution in [1.29, 1.82) is 0 Å². The first kappa shape index (κ1) is 14.0. The third kappa shape index (κ3) is 4.10. The average molecular weight is 258 g/mol. The molecular weight excluding hydrogens is 246 g/mol. The molecule has 0 aliphatic heterocycles. The number of carboxylic acids is 1. The van der Waals surface area contributed by atoms with Crippen molar-refractivity contribution < 1.29 is 23.5 Å². The number of rotatable bonds is 5. The van der Waals surface area contributed by atoms with Gasteiger partial charge in [0.1, 0.15) is 6.04 Å². The Morgan fingerprint density at radius 2 is 2.00 bits per heavy atom. The van der Waals surface area contributed by atoms with Gasteiger partial charge in [0.05, 0.1) is 6.54 Å². The normalized spacial score (nSPS) is 11.9. The molecule has 0 spiro atoms. The number of hydrogen-bond acceptors (Lipinski definition) is 3. The molecule has 98 valence electrons. The Labute approximate surface area is 102 Å². The van der Waals surface area contributed by atoms with Crippen molar-refractivity contribution >= 4 is 17.6 Å². The Balaban J connectivity index is 2.49. The minimum absolute atomic E-state index is 0.101. The second kappa shape index (κ2) is 6.06. The van der Waals surface area contributed by atoms with E-state index in [1.54, 1.807) is 0 Å². The number of benzene rings is 1. The Bertz CT molecular complexity index is 466. The third-order valence-corrected chi connectivity index (χ3v) is 2.14. The lowest BCUT2D eigenvalue weighted by Crippen LogP contribution is -2.39. The molecule has 1 rings (SSSR count). The van der Waals surface area contributed by atoms with Gasteiger partial charge >= 0.3 is 5.97 Å². The Morgan fingerprint density at radius 3 is 2.56 bits per heavy atom. The van der Waals surface area contributed by atoms with Gasteiger partial charge in [-0.25, -0.2) is 8.78 Å². The molecule has 1 aromatic carbocycles. The predicted octanol–water partition coefficient (Wildman–Crippen LogP) is 0.966. The SMILES string of the molecule is C[C@H](NCC(=O)Nc1ccc(F)c(F)c1)C(=O)O. The van der Waals surface area contributed by atoms with Gasteiger partial charge in [-0.05, 0) is 19.1 Å². The molecule has 0 saturated carbocycles. The molecule has 0 aliphatic rings. The Kier molecular flexibility index (Phi) is 4.73. The molecule has 0 aliphatic carbocycles. The van der Waals surface area contributed by atoms with Crippen LogP contribution in [-0.4, -0.2) is 29.6 Å². The van der Waals surface area contributed by atoms with Crippen LogP contribution < -0.4 is 10.6 Å². The number of nitrogens with one attached hydrogen (secondary N) is 2. The number of anilines is 1. The molecule has 0 aromatic heterocycles. The third-order valence-electron chi connectivity index (χ3n) is 2.14. The number of aliphatic carboxylic acids is 1. The fourth-order valence-corrected chi connectivity index (χ4v) is 1.11. The topological polar surface area (TPSA) is 78.4 Å². The highest BCUT2D eigenvalue weighted by molar-refractivity contribution is 5.92. The lowest BCUT2D eigenvalue weighted by molar-refractivity contribution is -0.139. The lowest BCUT2D eigenvalue weighted by Gasteiger charge is -2.09. The summed E-state index contributed by atoms with van der Waals surface area (Å²) < 4.78 is 25.4. The number of carbonyl (C=O) groups is 2. The van der Waals surface area contributed by atoms with Crippen molar-refractivity contribution in [1.82, 2.24) is 5.32 Å². The first-order valence-corrected chi connectivity index (χ1v) is 5.11. The molecule has 7 heteroatoms. The highest BCUT2D eigenvalue weighted by atomic mass is 19.2. The van der Waals surface area contributed by atoms with Gasteiger partial charge in [-0.3, -0.25) is 14.9 Å². The van der Waals surface area contributed by atoms with Crippen LogP contribution in [0.4, 0.5) is 14.5 Å². The standard InChI is InChI=1S/C11H12F2N2O3/c1-6(11(17)18)14-5-10(16)15-7-2-3-8(12)9(13)4-7/h2-4,6,14H,5H2,1H3,(H,15,16)(H,17,18)/t6-/m0/s1. The summed E-state index contributed by atoms with van der Waals surface area (Å²) >= 11 is 0. The van der Waals surface area contributed by atoms with E-state index in [2.05, 4.69) is 10.6 Å². The summed E-state index contributed by atoms with van der Waals surface area (Å²) in [6, 6.07) is 2.06. The summed E-state index contributed by atoms with van der Waals surface area (Å²) in [5, 5.41) is 13.3. The van der Waals surface area contributed by atoms with E-state index >= 15 is 0 Å². The van der Waals surface area contributed by atoms with Crippen molar-refractivity contribution in [3.63, 3.8) is 0 Å². The van der Waals surface area contributed by atoms with E-state index in [9.17, 15) is 18.4 Å². The fourth-order valence-electron chi connectivity index (χ4n) is 1.11. The summed E-state index contributed by atoms with van der Waals surface area (Å²) in [5.74, 6) is -3.71. The summed E-state index contributed by atoms with van der Waals surface area (Å²) in [6.45, 7) is 1.14. The number of carboxylic acid groups (broad SMARTS) is 1. The number of carbonyl (C=O) groups excluding carboxylic acids is 1. The molecule has 0 saturated heterocycles. The minimum atomic E-state index is -1.09. The van der Waals surface area contributed by atoms with E-state index in [1.807, 2.05) is 0 Å². The van der Waals surface area contributed by atoms with Gasteiger partial charge in [0.15, 0.2) is 11.6 Å². The van der Waals surface area contributed by atoms with Crippen LogP contribution in [0.25, 0.3) is 0 Å². The zero-order chi connectivity index (χ0) is 13.7.